The zero-order valence-corrected chi connectivity index (χ0v) is 26.8. The number of aliphatic hydroxyl groups excluding tert-OH is 1. The standard InChI is InChI=1S/C37H44N2O8/c1-25-32(23-39-18-16-37(17-19-39)44-20-21-45-37)46-36(47-35(25)28-8-6-26(24-40)7-9-28)29-12-10-27(11-13-29)31-5-3-2-4-30(31)22-38-33(41)14-15-34(42)43/h2-13,25,32,35-36,40H,14-24H2,1H3,(H,38,41)(H,42,43)/t25-,32+,35+,36+/m0/s1. The molecule has 250 valence electrons. The number of aliphatic carboxylic acids is 1. The van der Waals surface area contributed by atoms with Crippen LogP contribution in [-0.4, -0.2) is 71.7 Å². The first kappa shape index (κ1) is 33.3. The number of carbonyl (C=O) groups excluding carboxylic acids is 1. The molecular weight excluding hydrogens is 600 g/mol. The van der Waals surface area contributed by atoms with Gasteiger partial charge >= 0.3 is 5.97 Å². The predicted molar refractivity (Wildman–Crippen MR) is 174 cm³/mol. The number of amides is 1. The van der Waals surface area contributed by atoms with Crippen molar-refractivity contribution in [1.82, 2.24) is 10.2 Å². The van der Waals surface area contributed by atoms with Crippen molar-refractivity contribution in [2.75, 3.05) is 32.8 Å². The van der Waals surface area contributed by atoms with Crippen LogP contribution in [0.25, 0.3) is 11.1 Å². The second kappa shape index (κ2) is 15.1. The van der Waals surface area contributed by atoms with Gasteiger partial charge in [0.25, 0.3) is 0 Å². The van der Waals surface area contributed by atoms with Crippen LogP contribution in [0.4, 0.5) is 0 Å². The zero-order chi connectivity index (χ0) is 32.8. The Bertz CT molecular complexity index is 1500. The fourth-order valence-electron chi connectivity index (χ4n) is 6.72. The summed E-state index contributed by atoms with van der Waals surface area (Å²) >= 11 is 0. The van der Waals surface area contributed by atoms with Crippen molar-refractivity contribution in [3.63, 3.8) is 0 Å². The number of hydrogen-bond donors (Lipinski definition) is 3. The summed E-state index contributed by atoms with van der Waals surface area (Å²) in [4.78, 5) is 25.4. The van der Waals surface area contributed by atoms with Gasteiger partial charge in [-0.05, 0) is 27.8 Å². The molecule has 0 bridgehead atoms. The van der Waals surface area contributed by atoms with Crippen LogP contribution in [0.2, 0.25) is 0 Å². The van der Waals surface area contributed by atoms with Gasteiger partial charge in [-0.3, -0.25) is 9.59 Å². The van der Waals surface area contributed by atoms with Crippen LogP contribution < -0.4 is 5.32 Å². The molecule has 10 nitrogen and oxygen atoms in total. The molecule has 3 heterocycles. The summed E-state index contributed by atoms with van der Waals surface area (Å²) in [5, 5.41) is 21.3. The molecule has 3 aliphatic heterocycles. The minimum atomic E-state index is -0.993. The number of benzene rings is 3. The van der Waals surface area contributed by atoms with E-state index in [-0.39, 0.29) is 43.5 Å². The Morgan fingerprint density at radius 3 is 2.26 bits per heavy atom. The van der Waals surface area contributed by atoms with Gasteiger partial charge in [-0.15, -0.1) is 0 Å². The van der Waals surface area contributed by atoms with E-state index >= 15 is 0 Å². The largest absolute Gasteiger partial charge is 0.481 e. The number of aliphatic hydroxyl groups is 1. The number of carboxylic acid groups (broad SMARTS) is 1. The highest BCUT2D eigenvalue weighted by molar-refractivity contribution is 5.80. The first-order chi connectivity index (χ1) is 22.8. The molecule has 3 N–H and O–H groups in total. The summed E-state index contributed by atoms with van der Waals surface area (Å²) in [6.45, 7) is 6.32. The summed E-state index contributed by atoms with van der Waals surface area (Å²) in [5.41, 5.74) is 5.72. The van der Waals surface area contributed by atoms with Crippen LogP contribution in [0.1, 0.15) is 67.3 Å². The molecule has 6 rings (SSSR count). The number of carbonyl (C=O) groups is 2. The number of piperidine rings is 1. The Balaban J connectivity index is 1.18. The van der Waals surface area contributed by atoms with Crippen molar-refractivity contribution >= 4 is 11.9 Å². The average Bonchev–Trinajstić information content (AvgIpc) is 3.56. The van der Waals surface area contributed by atoms with Crippen LogP contribution in [0.3, 0.4) is 0 Å². The van der Waals surface area contributed by atoms with Crippen LogP contribution in [-0.2, 0) is 41.7 Å². The molecule has 10 heteroatoms. The molecule has 1 amide bonds. The van der Waals surface area contributed by atoms with Gasteiger partial charge < -0.3 is 39.4 Å². The Kier molecular flexibility index (Phi) is 10.7. The first-order valence-corrected chi connectivity index (χ1v) is 16.5. The minimum absolute atomic E-state index is 0.00777. The predicted octanol–water partition coefficient (Wildman–Crippen LogP) is 4.96. The summed E-state index contributed by atoms with van der Waals surface area (Å²) in [5.74, 6) is -1.63. The van der Waals surface area contributed by atoms with Crippen LogP contribution in [0, 0.1) is 5.92 Å². The maximum atomic E-state index is 12.2. The lowest BCUT2D eigenvalue weighted by atomic mass is 9.89. The third-order valence-corrected chi connectivity index (χ3v) is 9.55. The molecule has 3 fully saturated rings. The van der Waals surface area contributed by atoms with Gasteiger partial charge in [0.05, 0.1) is 38.4 Å². The summed E-state index contributed by atoms with van der Waals surface area (Å²) in [6, 6.07) is 23.9. The number of rotatable bonds is 11. The highest BCUT2D eigenvalue weighted by Gasteiger charge is 2.43. The Morgan fingerprint density at radius 1 is 0.894 bits per heavy atom. The van der Waals surface area contributed by atoms with Gasteiger partial charge in [-0.2, -0.15) is 0 Å². The molecule has 3 saturated heterocycles. The van der Waals surface area contributed by atoms with E-state index < -0.39 is 18.0 Å². The third kappa shape index (κ3) is 8.09. The maximum Gasteiger partial charge on any atom is 0.303 e. The number of carboxylic acids is 1. The first-order valence-electron chi connectivity index (χ1n) is 16.5. The molecule has 0 radical (unpaired) electrons. The Morgan fingerprint density at radius 2 is 1.57 bits per heavy atom. The molecule has 3 aromatic carbocycles. The highest BCUT2D eigenvalue weighted by atomic mass is 16.7. The number of hydrogen-bond acceptors (Lipinski definition) is 8. The molecular formula is C37H44N2O8. The SMILES string of the molecule is C[C@H]1[C@@H](CN2CCC3(CC2)OCCO3)O[C@@H](c2ccc(-c3ccccc3CNC(=O)CCC(=O)O)cc2)O[C@H]1c1ccc(CO)cc1. The van der Waals surface area contributed by atoms with E-state index in [0.717, 1.165) is 65.9 Å². The van der Waals surface area contributed by atoms with E-state index in [9.17, 15) is 14.7 Å². The molecule has 0 aromatic heterocycles. The van der Waals surface area contributed by atoms with Crippen molar-refractivity contribution in [3.05, 3.63) is 95.1 Å². The highest BCUT2D eigenvalue weighted by Crippen LogP contribution is 2.43. The van der Waals surface area contributed by atoms with E-state index in [1.807, 2.05) is 72.8 Å². The number of nitrogens with zero attached hydrogens (tertiary/aromatic N) is 1. The van der Waals surface area contributed by atoms with E-state index in [4.69, 9.17) is 24.1 Å². The normalized spacial score (nSPS) is 24.3. The van der Waals surface area contributed by atoms with Gasteiger partial charge in [0.1, 0.15) is 0 Å². The quantitative estimate of drug-likeness (QED) is 0.266. The fourth-order valence-corrected chi connectivity index (χ4v) is 6.72. The van der Waals surface area contributed by atoms with Crippen LogP contribution in [0.15, 0.2) is 72.8 Å². The molecule has 47 heavy (non-hydrogen) atoms. The summed E-state index contributed by atoms with van der Waals surface area (Å²) in [7, 11) is 0. The van der Waals surface area contributed by atoms with Crippen molar-refractivity contribution in [2.24, 2.45) is 5.92 Å². The second-order valence-electron chi connectivity index (χ2n) is 12.7. The molecule has 0 unspecified atom stereocenters. The molecule has 1 spiro atoms. The summed E-state index contributed by atoms with van der Waals surface area (Å²) in [6.07, 6.45) is 0.576. The second-order valence-corrected chi connectivity index (χ2v) is 12.7. The number of ether oxygens (including phenoxy) is 4. The Hall–Kier alpha value is -3.64. The van der Waals surface area contributed by atoms with E-state index in [1.54, 1.807) is 0 Å². The zero-order valence-electron chi connectivity index (χ0n) is 26.8. The molecule has 3 aromatic rings. The fraction of sp³-hybridized carbons (Fsp3) is 0.459. The lowest BCUT2D eigenvalue weighted by Crippen LogP contribution is -2.50. The monoisotopic (exact) mass is 644 g/mol. The van der Waals surface area contributed by atoms with Crippen LogP contribution in [0.5, 0.6) is 0 Å². The van der Waals surface area contributed by atoms with Crippen molar-refractivity contribution in [1.29, 1.82) is 0 Å². The van der Waals surface area contributed by atoms with Crippen molar-refractivity contribution in [2.45, 2.75) is 70.0 Å². The van der Waals surface area contributed by atoms with Gasteiger partial charge in [0, 0.05) is 56.9 Å². The van der Waals surface area contributed by atoms with Crippen molar-refractivity contribution < 1.29 is 38.7 Å². The lowest BCUT2D eigenvalue weighted by Gasteiger charge is -2.44. The van der Waals surface area contributed by atoms with Crippen LogP contribution >= 0.6 is 0 Å². The molecule has 0 aliphatic carbocycles. The molecule has 4 atom stereocenters. The molecule has 0 saturated carbocycles. The summed E-state index contributed by atoms with van der Waals surface area (Å²) < 4.78 is 25.3. The smallest absolute Gasteiger partial charge is 0.303 e. The van der Waals surface area contributed by atoms with Gasteiger partial charge in [0.2, 0.25) is 5.91 Å². The minimum Gasteiger partial charge on any atom is -0.481 e. The lowest BCUT2D eigenvalue weighted by molar-refractivity contribution is -0.278. The number of nitrogens with one attached hydrogen (secondary N) is 1. The average molecular weight is 645 g/mol. The van der Waals surface area contributed by atoms with Gasteiger partial charge in [-0.25, -0.2) is 0 Å². The Labute approximate surface area is 275 Å². The van der Waals surface area contributed by atoms with Crippen molar-refractivity contribution in [3.8, 4) is 11.1 Å². The number of likely N-dealkylation sites (tertiary alicyclic amines) is 1. The maximum absolute atomic E-state index is 12.2. The van der Waals surface area contributed by atoms with Gasteiger partial charge in [-0.1, -0.05) is 79.7 Å². The third-order valence-electron chi connectivity index (χ3n) is 9.55. The van der Waals surface area contributed by atoms with E-state index in [2.05, 4.69) is 17.1 Å². The topological polar surface area (TPSA) is 127 Å². The molecule has 3 aliphatic rings. The van der Waals surface area contributed by atoms with E-state index in [0.29, 0.717) is 19.8 Å². The van der Waals surface area contributed by atoms with E-state index in [1.165, 1.54) is 0 Å². The van der Waals surface area contributed by atoms with Gasteiger partial charge in [0.15, 0.2) is 12.1 Å².